The Hall–Kier alpha value is -2.64. The average Bonchev–Trinajstić information content (AvgIpc) is 3.19. The molecule has 132 valence electrons. The number of aryl methyl sites for hydroxylation is 1. The van der Waals surface area contributed by atoms with E-state index in [-0.39, 0.29) is 23.9 Å². The Morgan fingerprint density at radius 2 is 2.24 bits per heavy atom. The highest BCUT2D eigenvalue weighted by Crippen LogP contribution is 2.18. The van der Waals surface area contributed by atoms with Crippen LogP contribution in [0, 0.1) is 6.92 Å². The monoisotopic (exact) mass is 342 g/mol. The molecule has 2 atom stereocenters. The van der Waals surface area contributed by atoms with Gasteiger partial charge in [-0.3, -0.25) is 9.59 Å². The molecule has 25 heavy (non-hydrogen) atoms. The van der Waals surface area contributed by atoms with Crippen LogP contribution in [0.15, 0.2) is 18.3 Å². The van der Waals surface area contributed by atoms with Crippen LogP contribution in [0.25, 0.3) is 5.65 Å². The fourth-order valence-electron chi connectivity index (χ4n) is 3.58. The van der Waals surface area contributed by atoms with Gasteiger partial charge in [0, 0.05) is 25.6 Å². The van der Waals surface area contributed by atoms with Crippen LogP contribution < -0.4 is 10.6 Å². The van der Waals surface area contributed by atoms with Gasteiger partial charge < -0.3 is 15.5 Å². The lowest BCUT2D eigenvalue weighted by Gasteiger charge is -2.27. The topological polar surface area (TPSA) is 91.6 Å². The quantitative estimate of drug-likeness (QED) is 0.858. The number of rotatable bonds is 3. The maximum Gasteiger partial charge on any atom is 0.245 e. The van der Waals surface area contributed by atoms with Gasteiger partial charge in [-0.15, -0.1) is 5.10 Å². The van der Waals surface area contributed by atoms with Crippen LogP contribution >= 0.6 is 0 Å². The zero-order valence-electron chi connectivity index (χ0n) is 14.2. The van der Waals surface area contributed by atoms with Gasteiger partial charge in [-0.05, 0) is 38.3 Å². The second-order valence-electron chi connectivity index (χ2n) is 6.83. The van der Waals surface area contributed by atoms with Crippen LogP contribution in [-0.4, -0.2) is 56.5 Å². The Morgan fingerprint density at radius 1 is 1.36 bits per heavy atom. The fourth-order valence-corrected chi connectivity index (χ4v) is 3.58. The number of fused-ring (bicyclic) bond motifs is 1. The van der Waals surface area contributed by atoms with Crippen molar-refractivity contribution >= 4 is 23.3 Å². The zero-order valence-corrected chi connectivity index (χ0v) is 14.2. The van der Waals surface area contributed by atoms with Crippen molar-refractivity contribution in [3.63, 3.8) is 0 Å². The molecular weight excluding hydrogens is 320 g/mol. The average molecular weight is 342 g/mol. The smallest absolute Gasteiger partial charge is 0.245 e. The molecule has 8 heteroatoms. The van der Waals surface area contributed by atoms with Crippen LogP contribution in [0.1, 0.15) is 31.4 Å². The number of carbonyl (C=O) groups excluding carboxylic acids is 2. The number of likely N-dealkylation sites (tertiary alicyclic amines) is 1. The molecule has 4 heterocycles. The first-order chi connectivity index (χ1) is 12.1. The van der Waals surface area contributed by atoms with Crippen molar-refractivity contribution in [2.24, 2.45) is 0 Å². The van der Waals surface area contributed by atoms with Crippen molar-refractivity contribution in [1.29, 1.82) is 0 Å². The highest BCUT2D eigenvalue weighted by Gasteiger charge is 2.33. The molecule has 0 aromatic carbocycles. The van der Waals surface area contributed by atoms with Gasteiger partial charge in [0.1, 0.15) is 11.9 Å². The number of carbonyl (C=O) groups is 2. The number of nitrogens with one attached hydrogen (secondary N) is 2. The maximum absolute atomic E-state index is 12.6. The SMILES string of the molecule is Cc1cn2nc(N[C@@H]3CCN(C(=O)[C@@H]4CCCC(=O)N4)C3)ccc2n1. The van der Waals surface area contributed by atoms with Gasteiger partial charge >= 0.3 is 0 Å². The summed E-state index contributed by atoms with van der Waals surface area (Å²) in [5, 5.41) is 10.7. The van der Waals surface area contributed by atoms with Crippen molar-refractivity contribution in [2.75, 3.05) is 18.4 Å². The molecule has 0 bridgehead atoms. The molecule has 0 saturated carbocycles. The Kier molecular flexibility index (Phi) is 4.03. The second kappa shape index (κ2) is 6.34. The van der Waals surface area contributed by atoms with Crippen LogP contribution in [-0.2, 0) is 9.59 Å². The molecule has 0 unspecified atom stereocenters. The molecule has 2 amide bonds. The van der Waals surface area contributed by atoms with Gasteiger partial charge in [-0.25, -0.2) is 9.50 Å². The standard InChI is InChI=1S/C17H22N6O2/c1-11-9-23-15(18-11)6-5-14(21-23)19-12-7-8-22(10-12)17(25)13-3-2-4-16(24)20-13/h5-6,9,12-13H,2-4,7-8,10H2,1H3,(H,19,21)(H,20,24)/t12-,13+/m1/s1. The lowest BCUT2D eigenvalue weighted by molar-refractivity contribution is -0.137. The Labute approximate surface area is 145 Å². The maximum atomic E-state index is 12.6. The van der Waals surface area contributed by atoms with Gasteiger partial charge in [0.25, 0.3) is 0 Å². The molecule has 0 spiro atoms. The fraction of sp³-hybridized carbons (Fsp3) is 0.529. The van der Waals surface area contributed by atoms with Crippen molar-refractivity contribution in [3.05, 3.63) is 24.0 Å². The normalized spacial score (nSPS) is 23.7. The number of aromatic nitrogens is 3. The van der Waals surface area contributed by atoms with E-state index in [1.54, 1.807) is 4.52 Å². The number of imidazole rings is 1. The highest BCUT2D eigenvalue weighted by molar-refractivity contribution is 5.88. The van der Waals surface area contributed by atoms with Gasteiger partial charge in [-0.1, -0.05) is 0 Å². The van der Waals surface area contributed by atoms with Crippen molar-refractivity contribution in [3.8, 4) is 0 Å². The van der Waals surface area contributed by atoms with E-state index in [1.807, 2.05) is 30.2 Å². The van der Waals surface area contributed by atoms with E-state index in [0.717, 1.165) is 36.4 Å². The zero-order chi connectivity index (χ0) is 17.4. The van der Waals surface area contributed by atoms with Crippen LogP contribution in [0.3, 0.4) is 0 Å². The summed E-state index contributed by atoms with van der Waals surface area (Å²) in [6.45, 7) is 3.27. The van der Waals surface area contributed by atoms with E-state index >= 15 is 0 Å². The van der Waals surface area contributed by atoms with Crippen molar-refractivity contribution in [1.82, 2.24) is 24.8 Å². The van der Waals surface area contributed by atoms with E-state index < -0.39 is 0 Å². The third-order valence-electron chi connectivity index (χ3n) is 4.82. The Bertz CT molecular complexity index is 817. The lowest BCUT2D eigenvalue weighted by atomic mass is 10.0. The number of amides is 2. The van der Waals surface area contributed by atoms with Gasteiger partial charge in [0.2, 0.25) is 11.8 Å². The molecule has 0 radical (unpaired) electrons. The van der Waals surface area contributed by atoms with Crippen LogP contribution in [0.5, 0.6) is 0 Å². The Balaban J connectivity index is 1.38. The summed E-state index contributed by atoms with van der Waals surface area (Å²) < 4.78 is 1.76. The van der Waals surface area contributed by atoms with Crippen LogP contribution in [0.2, 0.25) is 0 Å². The summed E-state index contributed by atoms with van der Waals surface area (Å²) in [5.41, 5.74) is 1.75. The molecule has 2 aliphatic heterocycles. The lowest BCUT2D eigenvalue weighted by Crippen LogP contribution is -2.50. The van der Waals surface area contributed by atoms with E-state index in [2.05, 4.69) is 20.7 Å². The second-order valence-corrected chi connectivity index (χ2v) is 6.83. The molecule has 2 aliphatic rings. The molecule has 2 N–H and O–H groups in total. The van der Waals surface area contributed by atoms with E-state index in [9.17, 15) is 9.59 Å². The molecule has 2 aromatic heterocycles. The number of hydrogen-bond acceptors (Lipinski definition) is 5. The predicted octanol–water partition coefficient (Wildman–Crippen LogP) is 0.719. The summed E-state index contributed by atoms with van der Waals surface area (Å²) >= 11 is 0. The molecule has 2 saturated heterocycles. The third-order valence-corrected chi connectivity index (χ3v) is 4.82. The van der Waals surface area contributed by atoms with Crippen molar-refractivity contribution in [2.45, 2.75) is 44.7 Å². The molecule has 0 aliphatic carbocycles. The van der Waals surface area contributed by atoms with Gasteiger partial charge in [0.15, 0.2) is 5.65 Å². The first kappa shape index (κ1) is 15.9. The molecule has 2 fully saturated rings. The first-order valence-electron chi connectivity index (χ1n) is 8.76. The largest absolute Gasteiger partial charge is 0.364 e. The minimum absolute atomic E-state index is 0.0217. The molecule has 2 aromatic rings. The summed E-state index contributed by atoms with van der Waals surface area (Å²) in [5.74, 6) is 0.785. The Morgan fingerprint density at radius 3 is 3.08 bits per heavy atom. The number of piperidine rings is 1. The molecule has 8 nitrogen and oxygen atoms in total. The predicted molar refractivity (Wildman–Crippen MR) is 92.1 cm³/mol. The summed E-state index contributed by atoms with van der Waals surface area (Å²) in [6, 6.07) is 3.65. The highest BCUT2D eigenvalue weighted by atomic mass is 16.2. The summed E-state index contributed by atoms with van der Waals surface area (Å²) in [6.07, 6.45) is 4.80. The first-order valence-corrected chi connectivity index (χ1v) is 8.76. The number of anilines is 1. The summed E-state index contributed by atoms with van der Waals surface area (Å²) in [7, 11) is 0. The van der Waals surface area contributed by atoms with Gasteiger partial charge in [0.05, 0.1) is 11.9 Å². The summed E-state index contributed by atoms with van der Waals surface area (Å²) in [4.78, 5) is 30.3. The minimum atomic E-state index is -0.358. The van der Waals surface area contributed by atoms with E-state index in [1.165, 1.54) is 0 Å². The van der Waals surface area contributed by atoms with Crippen LogP contribution in [0.4, 0.5) is 5.82 Å². The number of nitrogens with zero attached hydrogens (tertiary/aromatic N) is 4. The van der Waals surface area contributed by atoms with E-state index in [0.29, 0.717) is 19.5 Å². The van der Waals surface area contributed by atoms with E-state index in [4.69, 9.17) is 0 Å². The molecule has 4 rings (SSSR count). The molecular formula is C17H22N6O2. The third kappa shape index (κ3) is 3.29. The van der Waals surface area contributed by atoms with Crippen molar-refractivity contribution < 1.29 is 9.59 Å². The van der Waals surface area contributed by atoms with Gasteiger partial charge in [-0.2, -0.15) is 0 Å². The number of hydrogen-bond donors (Lipinski definition) is 2. The minimum Gasteiger partial charge on any atom is -0.364 e.